The summed E-state index contributed by atoms with van der Waals surface area (Å²) in [7, 11) is 0. The first-order valence-electron chi connectivity index (χ1n) is 17.9. The largest absolute Gasteiger partial charge is 0.0619 e. The van der Waals surface area contributed by atoms with Gasteiger partial charge in [0.15, 0.2) is 0 Å². The van der Waals surface area contributed by atoms with E-state index in [4.69, 9.17) is 0 Å². The Kier molecular flexibility index (Phi) is 6.63. The predicted molar refractivity (Wildman–Crippen MR) is 218 cm³/mol. The summed E-state index contributed by atoms with van der Waals surface area (Å²) in [6, 6.07) is 67.4. The highest BCUT2D eigenvalue weighted by Gasteiger charge is 2.35. The first kappa shape index (κ1) is 29.7. The lowest BCUT2D eigenvalue weighted by Gasteiger charge is -2.22. The van der Waals surface area contributed by atoms with Gasteiger partial charge in [0.25, 0.3) is 0 Å². The van der Waals surface area contributed by atoms with Gasteiger partial charge in [-0.1, -0.05) is 184 Å². The average Bonchev–Trinajstić information content (AvgIpc) is 3.42. The molecule has 0 bridgehead atoms. The lowest BCUT2D eigenvalue weighted by atomic mass is 9.81. The summed E-state index contributed by atoms with van der Waals surface area (Å²) in [5, 5.41) is 7.63. The third kappa shape index (κ3) is 4.60. The summed E-state index contributed by atoms with van der Waals surface area (Å²) in [6.07, 6.45) is 0. The molecule has 0 spiro atoms. The zero-order chi connectivity index (χ0) is 34.1. The van der Waals surface area contributed by atoms with Crippen molar-refractivity contribution in [3.63, 3.8) is 0 Å². The van der Waals surface area contributed by atoms with Crippen LogP contribution in [0.15, 0.2) is 182 Å². The third-order valence-electron chi connectivity index (χ3n) is 11.3. The van der Waals surface area contributed by atoms with E-state index in [1.54, 1.807) is 0 Å². The van der Waals surface area contributed by atoms with Gasteiger partial charge in [0.05, 0.1) is 0 Å². The Morgan fingerprint density at radius 1 is 0.294 bits per heavy atom. The van der Waals surface area contributed by atoms with Gasteiger partial charge in [0, 0.05) is 5.41 Å². The SMILES string of the molecule is CC1(C)c2ccccc2-c2ccc(-c3cccc(-c4c5ccccc5c(-c5ccc(-c6cccc7ccccc67)cc5)c5ccccc45)c3)cc21. The van der Waals surface area contributed by atoms with E-state index >= 15 is 0 Å². The van der Waals surface area contributed by atoms with Crippen LogP contribution < -0.4 is 0 Å². The molecule has 0 nitrogen and oxygen atoms in total. The van der Waals surface area contributed by atoms with E-state index in [2.05, 4.69) is 196 Å². The number of fused-ring (bicyclic) bond motifs is 6. The van der Waals surface area contributed by atoms with Gasteiger partial charge in [-0.2, -0.15) is 0 Å². The molecular formula is C51H36. The molecule has 10 rings (SSSR count). The molecule has 0 fully saturated rings. The second-order valence-electron chi connectivity index (χ2n) is 14.5. The molecule has 0 saturated heterocycles. The van der Waals surface area contributed by atoms with Crippen LogP contribution in [0.5, 0.6) is 0 Å². The van der Waals surface area contributed by atoms with Crippen molar-refractivity contribution >= 4 is 32.3 Å². The van der Waals surface area contributed by atoms with Crippen LogP contribution in [-0.4, -0.2) is 0 Å². The van der Waals surface area contributed by atoms with Crippen LogP contribution in [0.1, 0.15) is 25.0 Å². The fourth-order valence-electron chi connectivity index (χ4n) is 8.78. The summed E-state index contributed by atoms with van der Waals surface area (Å²) in [5.74, 6) is 0. The fourth-order valence-corrected chi connectivity index (χ4v) is 8.78. The monoisotopic (exact) mass is 648 g/mol. The molecule has 0 heteroatoms. The van der Waals surface area contributed by atoms with Crippen molar-refractivity contribution in [2.45, 2.75) is 19.3 Å². The number of benzene rings is 9. The maximum absolute atomic E-state index is 2.43. The first-order valence-corrected chi connectivity index (χ1v) is 17.9. The summed E-state index contributed by atoms with van der Waals surface area (Å²) < 4.78 is 0. The second-order valence-corrected chi connectivity index (χ2v) is 14.5. The van der Waals surface area contributed by atoms with Crippen molar-refractivity contribution < 1.29 is 0 Å². The van der Waals surface area contributed by atoms with E-state index in [1.165, 1.54) is 99.1 Å². The molecule has 0 aliphatic heterocycles. The van der Waals surface area contributed by atoms with Crippen molar-refractivity contribution in [2.75, 3.05) is 0 Å². The van der Waals surface area contributed by atoms with Gasteiger partial charge in [0.1, 0.15) is 0 Å². The van der Waals surface area contributed by atoms with Crippen molar-refractivity contribution in [2.24, 2.45) is 0 Å². The average molecular weight is 649 g/mol. The zero-order valence-corrected chi connectivity index (χ0v) is 28.8. The van der Waals surface area contributed by atoms with Crippen LogP contribution in [0.25, 0.3) is 88.0 Å². The predicted octanol–water partition coefficient (Wildman–Crippen LogP) is 14.1. The van der Waals surface area contributed by atoms with Gasteiger partial charge in [-0.25, -0.2) is 0 Å². The molecule has 51 heavy (non-hydrogen) atoms. The Morgan fingerprint density at radius 2 is 0.765 bits per heavy atom. The molecule has 0 amide bonds. The Balaban J connectivity index is 1.12. The van der Waals surface area contributed by atoms with Crippen LogP contribution in [-0.2, 0) is 5.41 Å². The normalized spacial score (nSPS) is 13.1. The third-order valence-corrected chi connectivity index (χ3v) is 11.3. The molecule has 240 valence electrons. The van der Waals surface area contributed by atoms with Gasteiger partial charge < -0.3 is 0 Å². The lowest BCUT2D eigenvalue weighted by molar-refractivity contribution is 0.660. The van der Waals surface area contributed by atoms with E-state index < -0.39 is 0 Å². The fraction of sp³-hybridized carbons (Fsp3) is 0.0588. The first-order chi connectivity index (χ1) is 25.1. The van der Waals surface area contributed by atoms with Crippen LogP contribution in [0.3, 0.4) is 0 Å². The lowest BCUT2D eigenvalue weighted by Crippen LogP contribution is -2.14. The Labute approximate surface area is 299 Å². The summed E-state index contributed by atoms with van der Waals surface area (Å²) in [5.41, 5.74) is 15.5. The topological polar surface area (TPSA) is 0 Å². The summed E-state index contributed by atoms with van der Waals surface area (Å²) in [4.78, 5) is 0. The minimum absolute atomic E-state index is 0.0329. The number of rotatable bonds is 4. The van der Waals surface area contributed by atoms with Crippen LogP contribution in [0, 0.1) is 0 Å². The van der Waals surface area contributed by atoms with Crippen LogP contribution >= 0.6 is 0 Å². The molecule has 1 aliphatic rings. The van der Waals surface area contributed by atoms with Gasteiger partial charge >= 0.3 is 0 Å². The van der Waals surface area contributed by atoms with E-state index in [-0.39, 0.29) is 5.41 Å². The number of hydrogen-bond donors (Lipinski definition) is 0. The van der Waals surface area contributed by atoms with Crippen molar-refractivity contribution in [1.29, 1.82) is 0 Å². The van der Waals surface area contributed by atoms with Crippen LogP contribution in [0.4, 0.5) is 0 Å². The van der Waals surface area contributed by atoms with Crippen molar-refractivity contribution in [3.8, 4) is 55.6 Å². The highest BCUT2D eigenvalue weighted by atomic mass is 14.4. The molecule has 0 atom stereocenters. The molecule has 1 aliphatic carbocycles. The minimum atomic E-state index is -0.0329. The molecule has 0 aromatic heterocycles. The van der Waals surface area contributed by atoms with E-state index in [0.29, 0.717) is 0 Å². The molecule has 9 aromatic rings. The summed E-state index contributed by atoms with van der Waals surface area (Å²) in [6.45, 7) is 4.71. The highest BCUT2D eigenvalue weighted by Crippen LogP contribution is 2.50. The van der Waals surface area contributed by atoms with Crippen molar-refractivity contribution in [3.05, 3.63) is 193 Å². The van der Waals surface area contributed by atoms with E-state index in [0.717, 1.165) is 0 Å². The highest BCUT2D eigenvalue weighted by molar-refractivity contribution is 6.21. The van der Waals surface area contributed by atoms with Gasteiger partial charge in [-0.3, -0.25) is 0 Å². The Bertz CT molecular complexity index is 2750. The van der Waals surface area contributed by atoms with Gasteiger partial charge in [-0.15, -0.1) is 0 Å². The Hall–Kier alpha value is -6.24. The molecule has 0 saturated carbocycles. The molecule has 0 heterocycles. The van der Waals surface area contributed by atoms with Gasteiger partial charge in [-0.05, 0) is 111 Å². The van der Waals surface area contributed by atoms with Crippen molar-refractivity contribution in [1.82, 2.24) is 0 Å². The molecule has 0 unspecified atom stereocenters. The zero-order valence-electron chi connectivity index (χ0n) is 28.8. The maximum atomic E-state index is 2.43. The molecule has 0 radical (unpaired) electrons. The van der Waals surface area contributed by atoms with Gasteiger partial charge in [0.2, 0.25) is 0 Å². The molecular weight excluding hydrogens is 613 g/mol. The smallest absolute Gasteiger partial charge is 0.0159 e. The number of hydrogen-bond acceptors (Lipinski definition) is 0. The standard InChI is InChI=1S/C51H36/c1-51(2)47-24-10-9-18-41(47)42-30-29-37(32-48(42)51)36-15-11-16-38(31-36)50-45-21-7-5-19-43(45)49(44-20-6-8-22-46(44)50)35-27-25-34(26-28-35)40-23-12-14-33-13-3-4-17-39(33)40/h3-32H,1-2H3. The van der Waals surface area contributed by atoms with E-state index in [1.807, 2.05) is 0 Å². The maximum Gasteiger partial charge on any atom is 0.0159 e. The minimum Gasteiger partial charge on any atom is -0.0619 e. The molecule has 9 aromatic carbocycles. The Morgan fingerprint density at radius 3 is 1.49 bits per heavy atom. The second kappa shape index (κ2) is 11.4. The van der Waals surface area contributed by atoms with Crippen LogP contribution in [0.2, 0.25) is 0 Å². The quantitative estimate of drug-likeness (QED) is 0.167. The summed E-state index contributed by atoms with van der Waals surface area (Å²) >= 11 is 0. The van der Waals surface area contributed by atoms with E-state index in [9.17, 15) is 0 Å². The molecule has 0 N–H and O–H groups in total.